The molecule has 5 nitrogen and oxygen atoms in total. The fourth-order valence-electron chi connectivity index (χ4n) is 3.82. The van der Waals surface area contributed by atoms with E-state index in [9.17, 15) is 4.79 Å². The predicted octanol–water partition coefficient (Wildman–Crippen LogP) is 5.14. The molecule has 4 rings (SSSR count). The van der Waals surface area contributed by atoms with E-state index in [-0.39, 0.29) is 5.91 Å². The first-order valence-electron chi connectivity index (χ1n) is 10.3. The standard InChI is InChI=1S/C23H25ClN4OS/c1-17-9-7-8-14-27(17)21(29)16-30-23-26-25-22(19-12-5-6-13-20(19)24)28(23)15-18-10-3-2-4-11-18/h2-6,10-13,17H,7-9,14-16H2,1H3/t17-/m0/s1. The Labute approximate surface area is 186 Å². The van der Waals surface area contributed by atoms with Crippen molar-refractivity contribution in [3.8, 4) is 11.4 Å². The summed E-state index contributed by atoms with van der Waals surface area (Å²) in [5.41, 5.74) is 1.98. The summed E-state index contributed by atoms with van der Waals surface area (Å²) in [4.78, 5) is 14.8. The highest BCUT2D eigenvalue weighted by Gasteiger charge is 2.24. The Kier molecular flexibility index (Phi) is 6.75. The van der Waals surface area contributed by atoms with Gasteiger partial charge in [0.05, 0.1) is 17.3 Å². The molecule has 2 aromatic carbocycles. The molecule has 0 N–H and O–H groups in total. The monoisotopic (exact) mass is 440 g/mol. The molecule has 1 amide bonds. The van der Waals surface area contributed by atoms with Crippen molar-refractivity contribution < 1.29 is 4.79 Å². The molecule has 1 fully saturated rings. The summed E-state index contributed by atoms with van der Waals surface area (Å²) in [5.74, 6) is 1.24. The average molecular weight is 441 g/mol. The summed E-state index contributed by atoms with van der Waals surface area (Å²) in [6, 6.07) is 18.1. The van der Waals surface area contributed by atoms with E-state index >= 15 is 0 Å². The van der Waals surface area contributed by atoms with Crippen LogP contribution in [0.4, 0.5) is 0 Å². The van der Waals surface area contributed by atoms with E-state index < -0.39 is 0 Å². The molecular weight excluding hydrogens is 416 g/mol. The summed E-state index contributed by atoms with van der Waals surface area (Å²) in [6.07, 6.45) is 3.36. The fourth-order valence-corrected chi connectivity index (χ4v) is 4.87. The Morgan fingerprint density at radius 1 is 1.10 bits per heavy atom. The summed E-state index contributed by atoms with van der Waals surface area (Å²) < 4.78 is 2.05. The molecule has 1 saturated heterocycles. The first-order valence-corrected chi connectivity index (χ1v) is 11.6. The van der Waals surface area contributed by atoms with Gasteiger partial charge >= 0.3 is 0 Å². The van der Waals surface area contributed by atoms with Crippen molar-refractivity contribution in [3.05, 3.63) is 65.2 Å². The van der Waals surface area contributed by atoms with Gasteiger partial charge in [0.15, 0.2) is 11.0 Å². The number of benzene rings is 2. The van der Waals surface area contributed by atoms with Gasteiger partial charge in [-0.1, -0.05) is 65.8 Å². The molecular formula is C23H25ClN4OS. The smallest absolute Gasteiger partial charge is 0.233 e. The number of amides is 1. The second kappa shape index (κ2) is 9.67. The molecule has 0 radical (unpaired) electrons. The maximum atomic E-state index is 12.8. The van der Waals surface area contributed by atoms with E-state index in [0.29, 0.717) is 29.2 Å². The van der Waals surface area contributed by atoms with Crippen LogP contribution in [0.1, 0.15) is 31.7 Å². The van der Waals surface area contributed by atoms with Gasteiger partial charge in [0.25, 0.3) is 0 Å². The van der Waals surface area contributed by atoms with Crippen molar-refractivity contribution in [1.29, 1.82) is 0 Å². The number of likely N-dealkylation sites (tertiary alicyclic amines) is 1. The maximum Gasteiger partial charge on any atom is 0.233 e. The van der Waals surface area contributed by atoms with Gasteiger partial charge in [0.1, 0.15) is 0 Å². The van der Waals surface area contributed by atoms with Crippen LogP contribution < -0.4 is 0 Å². The fraction of sp³-hybridized carbons (Fsp3) is 0.348. The van der Waals surface area contributed by atoms with Crippen molar-refractivity contribution >= 4 is 29.3 Å². The third-order valence-corrected chi connectivity index (χ3v) is 6.74. The van der Waals surface area contributed by atoms with Crippen molar-refractivity contribution in [2.24, 2.45) is 0 Å². The van der Waals surface area contributed by atoms with E-state index in [4.69, 9.17) is 11.6 Å². The van der Waals surface area contributed by atoms with E-state index in [1.165, 1.54) is 18.2 Å². The SMILES string of the molecule is C[C@H]1CCCCN1C(=O)CSc1nnc(-c2ccccc2Cl)n1Cc1ccccc1. The maximum absolute atomic E-state index is 12.8. The number of hydrogen-bond donors (Lipinski definition) is 0. The molecule has 30 heavy (non-hydrogen) atoms. The Bertz CT molecular complexity index is 1010. The van der Waals surface area contributed by atoms with Gasteiger partial charge in [-0.3, -0.25) is 9.36 Å². The second-order valence-corrected chi connectivity index (χ2v) is 8.93. The predicted molar refractivity (Wildman–Crippen MR) is 122 cm³/mol. The summed E-state index contributed by atoms with van der Waals surface area (Å²) in [6.45, 7) is 3.60. The summed E-state index contributed by atoms with van der Waals surface area (Å²) >= 11 is 7.89. The number of halogens is 1. The number of thioether (sulfide) groups is 1. The van der Waals surface area contributed by atoms with Crippen LogP contribution in [0.3, 0.4) is 0 Å². The van der Waals surface area contributed by atoms with Crippen LogP contribution in [0.15, 0.2) is 59.8 Å². The molecule has 1 aromatic heterocycles. The number of carbonyl (C=O) groups is 1. The Morgan fingerprint density at radius 3 is 2.63 bits per heavy atom. The number of hydrogen-bond acceptors (Lipinski definition) is 4. The lowest BCUT2D eigenvalue weighted by Crippen LogP contribution is -2.43. The largest absolute Gasteiger partial charge is 0.339 e. The molecule has 0 spiro atoms. The zero-order valence-corrected chi connectivity index (χ0v) is 18.6. The Balaban J connectivity index is 1.59. The van der Waals surface area contributed by atoms with Crippen LogP contribution in [0.25, 0.3) is 11.4 Å². The van der Waals surface area contributed by atoms with Crippen molar-refractivity contribution in [3.63, 3.8) is 0 Å². The zero-order valence-electron chi connectivity index (χ0n) is 17.0. The van der Waals surface area contributed by atoms with Crippen LogP contribution >= 0.6 is 23.4 Å². The van der Waals surface area contributed by atoms with E-state index in [1.54, 1.807) is 0 Å². The highest BCUT2D eigenvalue weighted by molar-refractivity contribution is 7.99. The topological polar surface area (TPSA) is 51.0 Å². The average Bonchev–Trinajstić information content (AvgIpc) is 3.15. The molecule has 156 valence electrons. The quantitative estimate of drug-likeness (QED) is 0.498. The third kappa shape index (κ3) is 4.71. The zero-order chi connectivity index (χ0) is 20.9. The van der Waals surface area contributed by atoms with Gasteiger partial charge in [0.2, 0.25) is 5.91 Å². The highest BCUT2D eigenvalue weighted by atomic mass is 35.5. The normalized spacial score (nSPS) is 16.6. The molecule has 0 unspecified atom stereocenters. The van der Waals surface area contributed by atoms with Gasteiger partial charge in [0, 0.05) is 18.2 Å². The first-order chi connectivity index (χ1) is 14.6. The van der Waals surface area contributed by atoms with E-state index in [1.807, 2.05) is 51.9 Å². The minimum absolute atomic E-state index is 0.167. The van der Waals surface area contributed by atoms with Crippen molar-refractivity contribution in [1.82, 2.24) is 19.7 Å². The minimum Gasteiger partial charge on any atom is -0.339 e. The molecule has 1 aliphatic rings. The molecule has 1 aliphatic heterocycles. The molecule has 0 aliphatic carbocycles. The van der Waals surface area contributed by atoms with E-state index in [2.05, 4.69) is 29.3 Å². The molecule has 0 saturated carbocycles. The Hall–Kier alpha value is -2.31. The minimum atomic E-state index is 0.167. The van der Waals surface area contributed by atoms with Crippen LogP contribution in [-0.4, -0.2) is 43.9 Å². The van der Waals surface area contributed by atoms with Crippen LogP contribution in [0, 0.1) is 0 Å². The Morgan fingerprint density at radius 2 is 1.87 bits per heavy atom. The highest BCUT2D eigenvalue weighted by Crippen LogP contribution is 2.30. The molecule has 7 heteroatoms. The molecule has 0 bridgehead atoms. The number of carbonyl (C=O) groups excluding carboxylic acids is 1. The summed E-state index contributed by atoms with van der Waals surface area (Å²) in [7, 11) is 0. The van der Waals surface area contributed by atoms with Crippen LogP contribution in [-0.2, 0) is 11.3 Å². The number of nitrogens with zero attached hydrogens (tertiary/aromatic N) is 4. The first kappa shape index (κ1) is 20.9. The van der Waals surface area contributed by atoms with E-state index in [0.717, 1.165) is 35.7 Å². The van der Waals surface area contributed by atoms with Gasteiger partial charge in [-0.05, 0) is 43.9 Å². The number of piperidine rings is 1. The van der Waals surface area contributed by atoms with Crippen molar-refractivity contribution in [2.45, 2.75) is 43.9 Å². The summed E-state index contributed by atoms with van der Waals surface area (Å²) in [5, 5.41) is 10.2. The second-order valence-electron chi connectivity index (χ2n) is 7.58. The number of rotatable bonds is 6. The molecule has 1 atom stereocenters. The lowest BCUT2D eigenvalue weighted by Gasteiger charge is -2.33. The van der Waals surface area contributed by atoms with Gasteiger partial charge in [-0.2, -0.15) is 0 Å². The van der Waals surface area contributed by atoms with Gasteiger partial charge < -0.3 is 4.90 Å². The molecule has 3 aromatic rings. The number of aromatic nitrogens is 3. The lowest BCUT2D eigenvalue weighted by molar-refractivity contribution is -0.131. The van der Waals surface area contributed by atoms with Crippen LogP contribution in [0.5, 0.6) is 0 Å². The van der Waals surface area contributed by atoms with Crippen molar-refractivity contribution in [2.75, 3.05) is 12.3 Å². The van der Waals surface area contributed by atoms with Gasteiger partial charge in [-0.15, -0.1) is 10.2 Å². The third-order valence-electron chi connectivity index (χ3n) is 5.46. The molecule has 2 heterocycles. The van der Waals surface area contributed by atoms with Gasteiger partial charge in [-0.25, -0.2) is 0 Å². The van der Waals surface area contributed by atoms with Crippen LogP contribution in [0.2, 0.25) is 5.02 Å². The lowest BCUT2D eigenvalue weighted by atomic mass is 10.0.